The molecule has 0 bridgehead atoms. The van der Waals surface area contributed by atoms with E-state index in [0.717, 1.165) is 6.54 Å². The molecule has 0 unspecified atom stereocenters. The van der Waals surface area contributed by atoms with Gasteiger partial charge in [0.25, 0.3) is 0 Å². The molecule has 2 heterocycles. The molecule has 4 heteroatoms. The number of hydrogen-bond acceptors (Lipinski definition) is 4. The Hall–Kier alpha value is -1.16. The number of rotatable bonds is 3. The molecular formula is C9H13N3O. The van der Waals surface area contributed by atoms with E-state index in [4.69, 9.17) is 4.74 Å². The Kier molecular flexibility index (Phi) is 2.72. The van der Waals surface area contributed by atoms with Crippen molar-refractivity contribution < 1.29 is 4.74 Å². The second-order valence-corrected chi connectivity index (χ2v) is 3.15. The van der Waals surface area contributed by atoms with Gasteiger partial charge in [0.2, 0.25) is 5.88 Å². The molecule has 1 aliphatic rings. The molecule has 1 saturated heterocycles. The largest absolute Gasteiger partial charge is 0.475 e. The Bertz CT molecular complexity index is 246. The average Bonchev–Trinajstić information content (AvgIpc) is 2.69. The first kappa shape index (κ1) is 8.44. The van der Waals surface area contributed by atoms with Crippen LogP contribution in [0.3, 0.4) is 0 Å². The Morgan fingerprint density at radius 1 is 1.54 bits per heavy atom. The molecule has 0 radical (unpaired) electrons. The highest BCUT2D eigenvalue weighted by molar-refractivity contribution is 5.01. The van der Waals surface area contributed by atoms with Crippen molar-refractivity contribution in [2.45, 2.75) is 18.9 Å². The lowest BCUT2D eigenvalue weighted by Crippen LogP contribution is -2.28. The van der Waals surface area contributed by atoms with Crippen LogP contribution in [0.2, 0.25) is 0 Å². The van der Waals surface area contributed by atoms with E-state index >= 15 is 0 Å². The Balaban J connectivity index is 1.79. The van der Waals surface area contributed by atoms with E-state index in [1.165, 1.54) is 12.8 Å². The minimum absolute atomic E-state index is 0.488. The lowest BCUT2D eigenvalue weighted by Gasteiger charge is -2.10. The molecule has 0 saturated carbocycles. The molecule has 1 aromatic rings. The van der Waals surface area contributed by atoms with Crippen molar-refractivity contribution >= 4 is 0 Å². The first-order chi connectivity index (χ1) is 6.45. The SMILES string of the molecule is c1cnc(OC[C@H]2CCCN2)cn1. The summed E-state index contributed by atoms with van der Waals surface area (Å²) in [6, 6.07) is 0.488. The van der Waals surface area contributed by atoms with E-state index in [9.17, 15) is 0 Å². The average molecular weight is 179 g/mol. The predicted molar refractivity (Wildman–Crippen MR) is 48.6 cm³/mol. The van der Waals surface area contributed by atoms with E-state index in [2.05, 4.69) is 15.3 Å². The van der Waals surface area contributed by atoms with Crippen molar-refractivity contribution in [2.75, 3.05) is 13.2 Å². The Morgan fingerprint density at radius 3 is 3.23 bits per heavy atom. The number of hydrogen-bond donors (Lipinski definition) is 1. The molecule has 4 nitrogen and oxygen atoms in total. The van der Waals surface area contributed by atoms with Gasteiger partial charge in [0.15, 0.2) is 0 Å². The van der Waals surface area contributed by atoms with Gasteiger partial charge in [-0.05, 0) is 19.4 Å². The number of aromatic nitrogens is 2. The van der Waals surface area contributed by atoms with Crippen LogP contribution in [0.25, 0.3) is 0 Å². The zero-order valence-electron chi connectivity index (χ0n) is 7.44. The summed E-state index contributed by atoms with van der Waals surface area (Å²) in [4.78, 5) is 7.95. The van der Waals surface area contributed by atoms with Crippen molar-refractivity contribution in [2.24, 2.45) is 0 Å². The molecule has 0 aromatic carbocycles. The molecule has 13 heavy (non-hydrogen) atoms. The molecule has 70 valence electrons. The first-order valence-corrected chi connectivity index (χ1v) is 4.57. The predicted octanol–water partition coefficient (Wildman–Crippen LogP) is 0.607. The highest BCUT2D eigenvalue weighted by Crippen LogP contribution is 2.07. The van der Waals surface area contributed by atoms with Crippen LogP contribution in [-0.2, 0) is 0 Å². The van der Waals surface area contributed by atoms with E-state index in [1.807, 2.05) is 0 Å². The fourth-order valence-electron chi connectivity index (χ4n) is 1.44. The number of ether oxygens (including phenoxy) is 1. The van der Waals surface area contributed by atoms with Crippen molar-refractivity contribution in [1.82, 2.24) is 15.3 Å². The maximum Gasteiger partial charge on any atom is 0.232 e. The zero-order valence-corrected chi connectivity index (χ0v) is 7.44. The van der Waals surface area contributed by atoms with Gasteiger partial charge in [0, 0.05) is 18.4 Å². The van der Waals surface area contributed by atoms with Crippen LogP contribution < -0.4 is 10.1 Å². The third kappa shape index (κ3) is 2.39. The third-order valence-corrected chi connectivity index (χ3v) is 2.13. The van der Waals surface area contributed by atoms with Crippen LogP contribution in [0.5, 0.6) is 5.88 Å². The van der Waals surface area contributed by atoms with E-state index in [0.29, 0.717) is 18.5 Å². The van der Waals surface area contributed by atoms with Gasteiger partial charge in [-0.15, -0.1) is 0 Å². The molecule has 0 aliphatic carbocycles. The summed E-state index contributed by atoms with van der Waals surface area (Å²) in [6.07, 6.45) is 7.35. The molecule has 0 amide bonds. The molecule has 1 aliphatic heterocycles. The summed E-state index contributed by atoms with van der Waals surface area (Å²) >= 11 is 0. The fourth-order valence-corrected chi connectivity index (χ4v) is 1.44. The second kappa shape index (κ2) is 4.18. The highest BCUT2D eigenvalue weighted by atomic mass is 16.5. The van der Waals surface area contributed by atoms with Gasteiger partial charge < -0.3 is 10.1 Å². The van der Waals surface area contributed by atoms with Crippen LogP contribution in [0.4, 0.5) is 0 Å². The van der Waals surface area contributed by atoms with Gasteiger partial charge in [-0.2, -0.15) is 0 Å². The monoisotopic (exact) mass is 179 g/mol. The summed E-state index contributed by atoms with van der Waals surface area (Å²) in [5.41, 5.74) is 0. The molecule has 1 aromatic heterocycles. The molecular weight excluding hydrogens is 166 g/mol. The molecule has 1 atom stereocenters. The topological polar surface area (TPSA) is 47.0 Å². The van der Waals surface area contributed by atoms with Gasteiger partial charge in [0.05, 0.1) is 6.20 Å². The standard InChI is InChI=1S/C9H13N3O/c1-2-8(11-3-1)7-13-9-6-10-4-5-12-9/h4-6,8,11H,1-3,7H2/t8-/m1/s1. The van der Waals surface area contributed by atoms with E-state index in [1.54, 1.807) is 18.6 Å². The van der Waals surface area contributed by atoms with Crippen molar-refractivity contribution in [3.63, 3.8) is 0 Å². The summed E-state index contributed by atoms with van der Waals surface area (Å²) in [6.45, 7) is 1.80. The van der Waals surface area contributed by atoms with Gasteiger partial charge in [0.1, 0.15) is 6.61 Å². The van der Waals surface area contributed by atoms with Gasteiger partial charge in [-0.1, -0.05) is 0 Å². The molecule has 2 rings (SSSR count). The molecule has 1 N–H and O–H groups in total. The van der Waals surface area contributed by atoms with Gasteiger partial charge in [-0.25, -0.2) is 4.98 Å². The summed E-state index contributed by atoms with van der Waals surface area (Å²) < 4.78 is 5.45. The number of nitrogens with one attached hydrogen (secondary N) is 1. The lowest BCUT2D eigenvalue weighted by molar-refractivity contribution is 0.266. The highest BCUT2D eigenvalue weighted by Gasteiger charge is 2.14. The van der Waals surface area contributed by atoms with Crippen LogP contribution in [-0.4, -0.2) is 29.2 Å². The van der Waals surface area contributed by atoms with Crippen LogP contribution in [0, 0.1) is 0 Å². The second-order valence-electron chi connectivity index (χ2n) is 3.15. The first-order valence-electron chi connectivity index (χ1n) is 4.57. The normalized spacial score (nSPS) is 21.7. The van der Waals surface area contributed by atoms with Crippen LogP contribution in [0.1, 0.15) is 12.8 Å². The minimum atomic E-state index is 0.488. The summed E-state index contributed by atoms with van der Waals surface area (Å²) in [5, 5.41) is 3.35. The van der Waals surface area contributed by atoms with Crippen LogP contribution in [0.15, 0.2) is 18.6 Å². The molecule has 0 spiro atoms. The fraction of sp³-hybridized carbons (Fsp3) is 0.556. The van der Waals surface area contributed by atoms with Crippen molar-refractivity contribution in [3.8, 4) is 5.88 Å². The minimum Gasteiger partial charge on any atom is -0.475 e. The van der Waals surface area contributed by atoms with Gasteiger partial charge in [-0.3, -0.25) is 4.98 Å². The summed E-state index contributed by atoms with van der Waals surface area (Å²) in [7, 11) is 0. The smallest absolute Gasteiger partial charge is 0.232 e. The van der Waals surface area contributed by atoms with Crippen molar-refractivity contribution in [3.05, 3.63) is 18.6 Å². The van der Waals surface area contributed by atoms with Crippen LogP contribution >= 0.6 is 0 Å². The Morgan fingerprint density at radius 2 is 2.54 bits per heavy atom. The van der Waals surface area contributed by atoms with E-state index in [-0.39, 0.29) is 0 Å². The van der Waals surface area contributed by atoms with E-state index < -0.39 is 0 Å². The maximum atomic E-state index is 5.45. The zero-order chi connectivity index (χ0) is 8.93. The summed E-state index contributed by atoms with van der Waals surface area (Å²) in [5.74, 6) is 0.608. The quantitative estimate of drug-likeness (QED) is 0.738. The third-order valence-electron chi connectivity index (χ3n) is 2.13. The van der Waals surface area contributed by atoms with Crippen molar-refractivity contribution in [1.29, 1.82) is 0 Å². The number of nitrogens with zero attached hydrogens (tertiary/aromatic N) is 2. The Labute approximate surface area is 77.4 Å². The van der Waals surface area contributed by atoms with Gasteiger partial charge >= 0.3 is 0 Å². The lowest BCUT2D eigenvalue weighted by atomic mass is 10.2. The maximum absolute atomic E-state index is 5.45. The molecule has 1 fully saturated rings.